The molecule has 1 fully saturated rings. The fourth-order valence-corrected chi connectivity index (χ4v) is 3.07. The van der Waals surface area contributed by atoms with Gasteiger partial charge in [0.2, 0.25) is 0 Å². The topological polar surface area (TPSA) is 25.4 Å². The average molecular weight is 284 g/mol. The molecule has 0 saturated carbocycles. The van der Waals surface area contributed by atoms with Gasteiger partial charge in [-0.3, -0.25) is 4.98 Å². The van der Waals surface area contributed by atoms with E-state index in [1.54, 1.807) is 0 Å². The third-order valence-electron chi connectivity index (χ3n) is 4.30. The fourth-order valence-electron chi connectivity index (χ4n) is 3.07. The van der Waals surface area contributed by atoms with E-state index in [0.717, 1.165) is 38.2 Å². The number of aromatic nitrogens is 1. The molecule has 1 aromatic carbocycles. The molecule has 0 amide bonds. The smallest absolute Gasteiger partial charge is 0.0938 e. The van der Waals surface area contributed by atoms with E-state index < -0.39 is 0 Å². The molecule has 3 nitrogen and oxygen atoms in total. The number of hydrogen-bond donors (Lipinski definition) is 0. The number of nitrogens with zero attached hydrogens (tertiary/aromatic N) is 2. The maximum atomic E-state index is 5.49. The van der Waals surface area contributed by atoms with Gasteiger partial charge in [-0.25, -0.2) is 0 Å². The van der Waals surface area contributed by atoms with Crippen LogP contribution in [0.4, 0.5) is 5.69 Å². The number of hydrogen-bond acceptors (Lipinski definition) is 3. The number of aryl methyl sites for hydroxylation is 1. The number of benzene rings is 1. The number of rotatable bonds is 3. The first-order chi connectivity index (χ1) is 10.2. The van der Waals surface area contributed by atoms with Crippen LogP contribution >= 0.6 is 0 Å². The molecule has 1 aliphatic heterocycles. The van der Waals surface area contributed by atoms with Gasteiger partial charge in [0.15, 0.2) is 0 Å². The third kappa shape index (κ3) is 2.75. The summed E-state index contributed by atoms with van der Waals surface area (Å²) >= 11 is 0. The standard InChI is InChI=1S/C18H24N2O/c1-4-14-11-16-15(13(2)3)5-6-19-18(16)17(12-14)20-7-9-21-10-8-20/h5-6,11-13H,4,7-10H2,1-3H3. The Hall–Kier alpha value is -1.61. The summed E-state index contributed by atoms with van der Waals surface area (Å²) in [5.74, 6) is 0.514. The van der Waals surface area contributed by atoms with Crippen molar-refractivity contribution < 1.29 is 4.74 Å². The Morgan fingerprint density at radius 3 is 2.67 bits per heavy atom. The SMILES string of the molecule is CCc1cc(N2CCOCC2)c2nccc(C(C)C)c2c1. The van der Waals surface area contributed by atoms with Crippen LogP contribution in [0, 0.1) is 0 Å². The summed E-state index contributed by atoms with van der Waals surface area (Å²) in [4.78, 5) is 7.11. The molecule has 0 aliphatic carbocycles. The van der Waals surface area contributed by atoms with Gasteiger partial charge in [-0.05, 0) is 41.7 Å². The van der Waals surface area contributed by atoms with Gasteiger partial charge in [0.25, 0.3) is 0 Å². The zero-order chi connectivity index (χ0) is 14.8. The number of ether oxygens (including phenoxy) is 1. The van der Waals surface area contributed by atoms with E-state index >= 15 is 0 Å². The highest BCUT2D eigenvalue weighted by Gasteiger charge is 2.17. The van der Waals surface area contributed by atoms with Crippen LogP contribution in [0.25, 0.3) is 10.9 Å². The monoisotopic (exact) mass is 284 g/mol. The van der Waals surface area contributed by atoms with Gasteiger partial charge in [0, 0.05) is 24.7 Å². The molecule has 1 aromatic heterocycles. The molecule has 1 saturated heterocycles. The van der Waals surface area contributed by atoms with Gasteiger partial charge >= 0.3 is 0 Å². The van der Waals surface area contributed by atoms with E-state index in [9.17, 15) is 0 Å². The minimum atomic E-state index is 0.514. The Labute approximate surface area is 126 Å². The lowest BCUT2D eigenvalue weighted by molar-refractivity contribution is 0.123. The highest BCUT2D eigenvalue weighted by Crippen LogP contribution is 2.32. The number of morpholine rings is 1. The molecule has 2 heterocycles. The van der Waals surface area contributed by atoms with E-state index in [2.05, 4.69) is 43.9 Å². The lowest BCUT2D eigenvalue weighted by atomic mass is 9.96. The summed E-state index contributed by atoms with van der Waals surface area (Å²) in [5.41, 5.74) is 5.19. The van der Waals surface area contributed by atoms with E-state index in [0.29, 0.717) is 5.92 Å². The molecule has 3 heteroatoms. The van der Waals surface area contributed by atoms with Crippen molar-refractivity contribution in [3.63, 3.8) is 0 Å². The van der Waals surface area contributed by atoms with Crippen LogP contribution in [0.15, 0.2) is 24.4 Å². The van der Waals surface area contributed by atoms with Gasteiger partial charge in [0.1, 0.15) is 0 Å². The Balaban J connectivity index is 2.20. The maximum absolute atomic E-state index is 5.49. The Morgan fingerprint density at radius 2 is 2.00 bits per heavy atom. The van der Waals surface area contributed by atoms with Crippen LogP contribution in [-0.2, 0) is 11.2 Å². The molecule has 0 spiro atoms. The summed E-state index contributed by atoms with van der Waals surface area (Å²) < 4.78 is 5.49. The molecule has 0 N–H and O–H groups in total. The molecule has 0 atom stereocenters. The first-order valence-electron chi connectivity index (χ1n) is 7.95. The lowest BCUT2D eigenvalue weighted by Gasteiger charge is -2.30. The van der Waals surface area contributed by atoms with Crippen LogP contribution in [0.3, 0.4) is 0 Å². The van der Waals surface area contributed by atoms with Crippen molar-refractivity contribution in [2.45, 2.75) is 33.1 Å². The van der Waals surface area contributed by atoms with Crippen molar-refractivity contribution >= 4 is 16.6 Å². The summed E-state index contributed by atoms with van der Waals surface area (Å²) in [6, 6.07) is 6.79. The van der Waals surface area contributed by atoms with E-state index in [1.165, 1.54) is 22.2 Å². The van der Waals surface area contributed by atoms with Crippen molar-refractivity contribution in [2.24, 2.45) is 0 Å². The molecular weight excluding hydrogens is 260 g/mol. The summed E-state index contributed by atoms with van der Waals surface area (Å²) in [6.07, 6.45) is 3.01. The zero-order valence-corrected chi connectivity index (χ0v) is 13.2. The van der Waals surface area contributed by atoms with E-state index in [-0.39, 0.29) is 0 Å². The van der Waals surface area contributed by atoms with Gasteiger partial charge in [-0.1, -0.05) is 20.8 Å². The molecule has 2 aromatic rings. The Bertz CT molecular complexity index is 630. The summed E-state index contributed by atoms with van der Waals surface area (Å²) in [6.45, 7) is 10.2. The van der Waals surface area contributed by atoms with Crippen molar-refractivity contribution in [3.05, 3.63) is 35.5 Å². The molecule has 112 valence electrons. The molecule has 1 aliphatic rings. The number of pyridine rings is 1. The van der Waals surface area contributed by atoms with Crippen molar-refractivity contribution in [3.8, 4) is 0 Å². The second-order valence-corrected chi connectivity index (χ2v) is 6.02. The lowest BCUT2D eigenvalue weighted by Crippen LogP contribution is -2.36. The first kappa shape index (κ1) is 14.3. The first-order valence-corrected chi connectivity index (χ1v) is 7.95. The van der Waals surface area contributed by atoms with Crippen molar-refractivity contribution in [2.75, 3.05) is 31.2 Å². The molecule has 21 heavy (non-hydrogen) atoms. The van der Waals surface area contributed by atoms with Gasteiger partial charge in [-0.15, -0.1) is 0 Å². The van der Waals surface area contributed by atoms with Gasteiger partial charge in [-0.2, -0.15) is 0 Å². The number of fused-ring (bicyclic) bond motifs is 1. The van der Waals surface area contributed by atoms with Gasteiger partial charge < -0.3 is 9.64 Å². The third-order valence-corrected chi connectivity index (χ3v) is 4.30. The van der Waals surface area contributed by atoms with Gasteiger partial charge in [0.05, 0.1) is 24.4 Å². The molecule has 3 rings (SSSR count). The highest BCUT2D eigenvalue weighted by atomic mass is 16.5. The molecule has 0 unspecified atom stereocenters. The average Bonchev–Trinajstić information content (AvgIpc) is 2.53. The minimum absolute atomic E-state index is 0.514. The van der Waals surface area contributed by atoms with Crippen molar-refractivity contribution in [1.29, 1.82) is 0 Å². The summed E-state index contributed by atoms with van der Waals surface area (Å²) in [7, 11) is 0. The van der Waals surface area contributed by atoms with Crippen LogP contribution in [0.2, 0.25) is 0 Å². The summed E-state index contributed by atoms with van der Waals surface area (Å²) in [5, 5.41) is 1.31. The second-order valence-electron chi connectivity index (χ2n) is 6.02. The quantitative estimate of drug-likeness (QED) is 0.858. The zero-order valence-electron chi connectivity index (χ0n) is 13.2. The molecule has 0 bridgehead atoms. The van der Waals surface area contributed by atoms with E-state index in [4.69, 9.17) is 9.72 Å². The Morgan fingerprint density at radius 1 is 1.24 bits per heavy atom. The predicted octanol–water partition coefficient (Wildman–Crippen LogP) is 3.76. The fraction of sp³-hybridized carbons (Fsp3) is 0.500. The predicted molar refractivity (Wildman–Crippen MR) is 88.2 cm³/mol. The second kappa shape index (κ2) is 6.02. The molecular formula is C18H24N2O. The maximum Gasteiger partial charge on any atom is 0.0938 e. The van der Waals surface area contributed by atoms with E-state index in [1.807, 2.05) is 6.20 Å². The van der Waals surface area contributed by atoms with Crippen LogP contribution in [-0.4, -0.2) is 31.3 Å². The minimum Gasteiger partial charge on any atom is -0.378 e. The van der Waals surface area contributed by atoms with Crippen molar-refractivity contribution in [1.82, 2.24) is 4.98 Å². The van der Waals surface area contributed by atoms with Crippen LogP contribution < -0.4 is 4.90 Å². The molecule has 0 radical (unpaired) electrons. The largest absolute Gasteiger partial charge is 0.378 e. The number of anilines is 1. The highest BCUT2D eigenvalue weighted by molar-refractivity contribution is 5.94. The van der Waals surface area contributed by atoms with Crippen LogP contribution in [0.1, 0.15) is 37.8 Å². The normalized spacial score (nSPS) is 15.9. The Kier molecular flexibility index (Phi) is 4.11. The van der Waals surface area contributed by atoms with Crippen LogP contribution in [0.5, 0.6) is 0 Å².